The Kier molecular flexibility index (Phi) is 5.31. The minimum atomic E-state index is -0.183. The normalized spacial score (nSPS) is 24.6. The predicted molar refractivity (Wildman–Crippen MR) is 99.4 cm³/mol. The number of ether oxygens (including phenoxy) is 2. The van der Waals surface area contributed by atoms with E-state index in [0.717, 1.165) is 25.4 Å². The van der Waals surface area contributed by atoms with Crippen LogP contribution < -0.4 is 10.1 Å². The van der Waals surface area contributed by atoms with Crippen LogP contribution in [0.3, 0.4) is 0 Å². The molecule has 0 aliphatic carbocycles. The highest BCUT2D eigenvalue weighted by molar-refractivity contribution is 5.91. The summed E-state index contributed by atoms with van der Waals surface area (Å²) in [7, 11) is 1.69. The van der Waals surface area contributed by atoms with Gasteiger partial charge in [0.2, 0.25) is 0 Å². The molecule has 0 bridgehead atoms. The molecule has 7 nitrogen and oxygen atoms in total. The van der Waals surface area contributed by atoms with Crippen molar-refractivity contribution in [2.45, 2.75) is 12.6 Å². The van der Waals surface area contributed by atoms with Gasteiger partial charge in [0.25, 0.3) is 5.91 Å². The van der Waals surface area contributed by atoms with Crippen LogP contribution in [0, 0.1) is 11.8 Å². The molecule has 27 heavy (non-hydrogen) atoms. The first-order valence-corrected chi connectivity index (χ1v) is 9.24. The van der Waals surface area contributed by atoms with Crippen LogP contribution in [0.5, 0.6) is 5.75 Å². The summed E-state index contributed by atoms with van der Waals surface area (Å²) in [4.78, 5) is 22.6. The van der Waals surface area contributed by atoms with Crippen molar-refractivity contribution in [2.75, 3.05) is 33.4 Å². The maximum Gasteiger partial charge on any atom is 0.271 e. The number of amides is 1. The van der Waals surface area contributed by atoms with Gasteiger partial charge in [0, 0.05) is 50.4 Å². The van der Waals surface area contributed by atoms with Gasteiger partial charge in [-0.3, -0.25) is 14.7 Å². The van der Waals surface area contributed by atoms with E-state index in [-0.39, 0.29) is 12.0 Å². The molecule has 142 valence electrons. The van der Waals surface area contributed by atoms with Gasteiger partial charge in [0.05, 0.1) is 26.0 Å². The van der Waals surface area contributed by atoms with E-state index in [1.165, 1.54) is 18.0 Å². The average Bonchev–Trinajstić information content (AvgIpc) is 3.27. The first-order chi connectivity index (χ1) is 13.2. The minimum Gasteiger partial charge on any atom is -0.497 e. The molecule has 3 atom stereocenters. The number of methoxy groups -OCH3 is 1. The Balaban J connectivity index is 1.31. The summed E-state index contributed by atoms with van der Waals surface area (Å²) >= 11 is 0. The monoisotopic (exact) mass is 368 g/mol. The van der Waals surface area contributed by atoms with E-state index >= 15 is 0 Å². The van der Waals surface area contributed by atoms with Gasteiger partial charge in [-0.05, 0) is 17.7 Å². The van der Waals surface area contributed by atoms with E-state index in [1.54, 1.807) is 13.3 Å². The Labute approximate surface area is 158 Å². The van der Waals surface area contributed by atoms with Crippen molar-refractivity contribution in [1.82, 2.24) is 20.2 Å². The molecule has 7 heteroatoms. The van der Waals surface area contributed by atoms with Gasteiger partial charge < -0.3 is 14.8 Å². The average molecular weight is 368 g/mol. The summed E-state index contributed by atoms with van der Waals surface area (Å²) in [5, 5.41) is 2.98. The van der Waals surface area contributed by atoms with Crippen LogP contribution in [0.1, 0.15) is 16.1 Å². The number of likely N-dealkylation sites (tertiary alicyclic amines) is 1. The predicted octanol–water partition coefficient (Wildman–Crippen LogP) is 1.36. The topological polar surface area (TPSA) is 76.6 Å². The van der Waals surface area contributed by atoms with E-state index in [0.29, 0.717) is 30.7 Å². The lowest BCUT2D eigenvalue weighted by molar-refractivity contribution is 0.0901. The van der Waals surface area contributed by atoms with Gasteiger partial charge in [-0.1, -0.05) is 12.1 Å². The van der Waals surface area contributed by atoms with E-state index < -0.39 is 0 Å². The third-order valence-electron chi connectivity index (χ3n) is 5.38. The van der Waals surface area contributed by atoms with Crippen molar-refractivity contribution in [2.24, 2.45) is 11.8 Å². The smallest absolute Gasteiger partial charge is 0.271 e. The van der Waals surface area contributed by atoms with Crippen molar-refractivity contribution in [3.63, 3.8) is 0 Å². The van der Waals surface area contributed by atoms with Crippen LogP contribution in [0.2, 0.25) is 0 Å². The zero-order chi connectivity index (χ0) is 18.6. The second-order valence-corrected chi connectivity index (χ2v) is 7.14. The van der Waals surface area contributed by atoms with Gasteiger partial charge in [-0.2, -0.15) is 0 Å². The first kappa shape index (κ1) is 17.9. The van der Waals surface area contributed by atoms with Crippen molar-refractivity contribution in [3.8, 4) is 5.75 Å². The summed E-state index contributed by atoms with van der Waals surface area (Å²) in [6.45, 7) is 4.09. The van der Waals surface area contributed by atoms with Crippen LogP contribution in [-0.4, -0.2) is 60.2 Å². The molecular weight excluding hydrogens is 344 g/mol. The molecule has 1 aromatic carbocycles. The number of rotatable bonds is 6. The lowest BCUT2D eigenvalue weighted by Crippen LogP contribution is -2.34. The number of fused-ring (bicyclic) bond motifs is 1. The number of hydrogen-bond acceptors (Lipinski definition) is 6. The lowest BCUT2D eigenvalue weighted by Gasteiger charge is -2.20. The Morgan fingerprint density at radius 1 is 1.37 bits per heavy atom. The van der Waals surface area contributed by atoms with Crippen molar-refractivity contribution >= 4 is 5.91 Å². The number of carbonyl (C=O) groups excluding carboxylic acids is 1. The Morgan fingerprint density at radius 2 is 2.30 bits per heavy atom. The van der Waals surface area contributed by atoms with E-state index in [1.807, 2.05) is 12.1 Å². The minimum absolute atomic E-state index is 0.183. The highest BCUT2D eigenvalue weighted by Gasteiger charge is 2.43. The van der Waals surface area contributed by atoms with Gasteiger partial charge in [-0.15, -0.1) is 0 Å². The third-order valence-corrected chi connectivity index (χ3v) is 5.38. The van der Waals surface area contributed by atoms with Gasteiger partial charge in [0.15, 0.2) is 0 Å². The summed E-state index contributed by atoms with van der Waals surface area (Å²) in [6, 6.07) is 8.18. The highest BCUT2D eigenvalue weighted by Crippen LogP contribution is 2.34. The molecule has 2 aromatic rings. The molecule has 2 saturated heterocycles. The second-order valence-electron chi connectivity index (χ2n) is 7.14. The van der Waals surface area contributed by atoms with E-state index in [4.69, 9.17) is 9.47 Å². The number of hydrogen-bond donors (Lipinski definition) is 1. The quantitative estimate of drug-likeness (QED) is 0.830. The molecule has 2 fully saturated rings. The highest BCUT2D eigenvalue weighted by atomic mass is 16.5. The zero-order valence-electron chi connectivity index (χ0n) is 15.4. The SMILES string of the molecule is COc1cccc(CN2C[C@@H]3[C@H](CNC(=O)c4cnccn4)CO[C@@H]3C2)c1. The second kappa shape index (κ2) is 8.02. The van der Waals surface area contributed by atoms with Gasteiger partial charge in [0.1, 0.15) is 11.4 Å². The number of nitrogens with zero attached hydrogens (tertiary/aromatic N) is 3. The van der Waals surface area contributed by atoms with Crippen LogP contribution in [0.4, 0.5) is 0 Å². The fraction of sp³-hybridized carbons (Fsp3) is 0.450. The summed E-state index contributed by atoms with van der Waals surface area (Å²) in [5.74, 6) is 1.47. The van der Waals surface area contributed by atoms with Crippen LogP contribution >= 0.6 is 0 Å². The van der Waals surface area contributed by atoms with E-state index in [2.05, 4.69) is 32.3 Å². The van der Waals surface area contributed by atoms with Crippen molar-refractivity contribution in [3.05, 3.63) is 54.1 Å². The van der Waals surface area contributed by atoms with Crippen molar-refractivity contribution < 1.29 is 14.3 Å². The zero-order valence-corrected chi connectivity index (χ0v) is 15.4. The fourth-order valence-corrected chi connectivity index (χ4v) is 3.98. The molecule has 0 saturated carbocycles. The molecular formula is C20H24N4O3. The molecule has 3 heterocycles. The molecule has 2 aliphatic heterocycles. The number of nitrogens with one attached hydrogen (secondary N) is 1. The van der Waals surface area contributed by atoms with Gasteiger partial charge >= 0.3 is 0 Å². The fourth-order valence-electron chi connectivity index (χ4n) is 3.98. The molecule has 0 unspecified atom stereocenters. The molecule has 1 N–H and O–H groups in total. The van der Waals surface area contributed by atoms with Crippen LogP contribution in [0.15, 0.2) is 42.9 Å². The van der Waals surface area contributed by atoms with Crippen LogP contribution in [-0.2, 0) is 11.3 Å². The number of carbonyl (C=O) groups is 1. The number of benzene rings is 1. The van der Waals surface area contributed by atoms with Crippen molar-refractivity contribution in [1.29, 1.82) is 0 Å². The largest absolute Gasteiger partial charge is 0.497 e. The summed E-state index contributed by atoms with van der Waals surface area (Å²) in [5.41, 5.74) is 1.58. The molecule has 1 aromatic heterocycles. The molecule has 1 amide bonds. The maximum absolute atomic E-state index is 12.2. The molecule has 0 spiro atoms. The van der Waals surface area contributed by atoms with Crippen LogP contribution in [0.25, 0.3) is 0 Å². The number of aromatic nitrogens is 2. The molecule has 2 aliphatic rings. The first-order valence-electron chi connectivity index (χ1n) is 9.24. The Hall–Kier alpha value is -2.51. The molecule has 0 radical (unpaired) electrons. The third kappa shape index (κ3) is 4.09. The maximum atomic E-state index is 12.2. The Bertz CT molecular complexity index is 786. The van der Waals surface area contributed by atoms with E-state index in [9.17, 15) is 4.79 Å². The molecule has 4 rings (SSSR count). The van der Waals surface area contributed by atoms with Gasteiger partial charge in [-0.25, -0.2) is 4.98 Å². The lowest BCUT2D eigenvalue weighted by atomic mass is 9.93. The standard InChI is InChI=1S/C20H24N4O3/c1-26-16-4-2-3-14(7-16)10-24-11-17-15(13-27-19(17)12-24)8-23-20(25)18-9-21-5-6-22-18/h2-7,9,15,17,19H,8,10-13H2,1H3,(H,23,25)/t15-,17-,19-/m1/s1. The summed E-state index contributed by atoms with van der Waals surface area (Å²) in [6.07, 6.45) is 4.81. The summed E-state index contributed by atoms with van der Waals surface area (Å²) < 4.78 is 11.3. The Morgan fingerprint density at radius 3 is 3.11 bits per heavy atom.